The van der Waals surface area contributed by atoms with Crippen LogP contribution in [-0.4, -0.2) is 52.5 Å². The van der Waals surface area contributed by atoms with Crippen LogP contribution in [-0.2, 0) is 0 Å². The molecule has 1 atom stereocenters. The van der Waals surface area contributed by atoms with Crippen LogP contribution in [0, 0.1) is 0 Å². The van der Waals surface area contributed by atoms with Gasteiger partial charge >= 0.3 is 6.03 Å². The molecule has 4 rings (SSSR count). The zero-order chi connectivity index (χ0) is 20.4. The van der Waals surface area contributed by atoms with Gasteiger partial charge in [-0.1, -0.05) is 12.5 Å². The van der Waals surface area contributed by atoms with E-state index in [-0.39, 0.29) is 12.1 Å². The number of hydrogen-bond acceptors (Lipinski definition) is 2. The highest BCUT2D eigenvalue weighted by Gasteiger charge is 2.25. The third-order valence-corrected chi connectivity index (χ3v) is 6.57. The molecule has 1 saturated heterocycles. The predicted molar refractivity (Wildman–Crippen MR) is 121 cm³/mol. The van der Waals surface area contributed by atoms with Crippen molar-refractivity contribution in [2.45, 2.75) is 65.0 Å². The minimum Gasteiger partial charge on any atom is -0.361 e. The first-order valence-corrected chi connectivity index (χ1v) is 11.2. The van der Waals surface area contributed by atoms with E-state index in [0.29, 0.717) is 6.54 Å². The standard InChI is InChI=1S/C24H34N4O/c1-4-28(17(2)3)24(29)26-19-9-11-23-21(15-19)22(16-25-23)18-8-10-20-7-5-6-13-27(20)14-12-18/h9,11-12,15-17,20,25H,4-8,10,13-14H2,1-3H3,(H,26,29). The number of amides is 2. The number of hydrogen-bond donors (Lipinski definition) is 2. The molecule has 3 heterocycles. The predicted octanol–water partition coefficient (Wildman–Crippen LogP) is 5.46. The Balaban J connectivity index is 1.57. The van der Waals surface area contributed by atoms with E-state index >= 15 is 0 Å². The molecule has 0 spiro atoms. The van der Waals surface area contributed by atoms with Crippen LogP contribution in [0.4, 0.5) is 10.5 Å². The van der Waals surface area contributed by atoms with Gasteiger partial charge in [-0.15, -0.1) is 0 Å². The lowest BCUT2D eigenvalue weighted by Crippen LogP contribution is -2.39. The average Bonchev–Trinajstić information content (AvgIpc) is 3.00. The van der Waals surface area contributed by atoms with Crippen LogP contribution in [0.2, 0.25) is 0 Å². The van der Waals surface area contributed by atoms with Crippen LogP contribution in [0.3, 0.4) is 0 Å². The van der Waals surface area contributed by atoms with Crippen molar-refractivity contribution in [2.75, 3.05) is 25.0 Å². The number of carbonyl (C=O) groups is 1. The largest absolute Gasteiger partial charge is 0.361 e. The number of nitrogens with one attached hydrogen (secondary N) is 2. The van der Waals surface area contributed by atoms with E-state index in [1.165, 1.54) is 48.8 Å². The minimum atomic E-state index is -0.0375. The second-order valence-electron chi connectivity index (χ2n) is 8.69. The van der Waals surface area contributed by atoms with Crippen molar-refractivity contribution in [1.82, 2.24) is 14.8 Å². The number of piperidine rings is 1. The molecular weight excluding hydrogens is 360 g/mol. The molecule has 2 aromatic rings. The summed E-state index contributed by atoms with van der Waals surface area (Å²) in [6, 6.07) is 7.06. The van der Waals surface area contributed by atoms with Crippen molar-refractivity contribution >= 4 is 28.2 Å². The summed E-state index contributed by atoms with van der Waals surface area (Å²) in [5, 5.41) is 4.28. The lowest BCUT2D eigenvalue weighted by atomic mass is 9.95. The summed E-state index contributed by atoms with van der Waals surface area (Å²) in [6.45, 7) is 9.10. The SMILES string of the molecule is CCN(C(=O)Nc1ccc2[nH]cc(C3=CCN4CCCCC4CC3)c2c1)C(C)C. The molecule has 1 aromatic heterocycles. The number of urea groups is 1. The molecule has 29 heavy (non-hydrogen) atoms. The molecule has 5 nitrogen and oxygen atoms in total. The van der Waals surface area contributed by atoms with Crippen molar-refractivity contribution in [2.24, 2.45) is 0 Å². The molecule has 2 N–H and O–H groups in total. The van der Waals surface area contributed by atoms with Gasteiger partial charge < -0.3 is 15.2 Å². The monoisotopic (exact) mass is 394 g/mol. The fraction of sp³-hybridized carbons (Fsp3) is 0.542. The molecule has 1 unspecified atom stereocenters. The average molecular weight is 395 g/mol. The topological polar surface area (TPSA) is 51.4 Å². The van der Waals surface area contributed by atoms with E-state index in [9.17, 15) is 4.79 Å². The number of rotatable bonds is 4. The maximum atomic E-state index is 12.6. The summed E-state index contributed by atoms with van der Waals surface area (Å²) in [7, 11) is 0. The van der Waals surface area contributed by atoms with Gasteiger partial charge in [0.2, 0.25) is 0 Å². The number of aromatic nitrogens is 1. The van der Waals surface area contributed by atoms with Gasteiger partial charge in [-0.2, -0.15) is 0 Å². The van der Waals surface area contributed by atoms with Gasteiger partial charge in [-0.05, 0) is 76.8 Å². The molecular formula is C24H34N4O. The summed E-state index contributed by atoms with van der Waals surface area (Å²) in [6.07, 6.45) is 11.0. The molecule has 2 amide bonds. The van der Waals surface area contributed by atoms with E-state index < -0.39 is 0 Å². The van der Waals surface area contributed by atoms with Crippen LogP contribution in [0.5, 0.6) is 0 Å². The summed E-state index contributed by atoms with van der Waals surface area (Å²) in [5.74, 6) is 0. The summed E-state index contributed by atoms with van der Waals surface area (Å²) in [5.41, 5.74) is 4.70. The van der Waals surface area contributed by atoms with Crippen LogP contribution in [0.15, 0.2) is 30.5 Å². The van der Waals surface area contributed by atoms with Gasteiger partial charge in [0.25, 0.3) is 0 Å². The van der Waals surface area contributed by atoms with Gasteiger partial charge in [0.1, 0.15) is 0 Å². The summed E-state index contributed by atoms with van der Waals surface area (Å²) in [4.78, 5) is 20.5. The third kappa shape index (κ3) is 4.20. The number of H-pyrrole nitrogens is 1. The lowest BCUT2D eigenvalue weighted by Gasteiger charge is -2.33. The normalized spacial score (nSPS) is 20.3. The first-order valence-electron chi connectivity index (χ1n) is 11.2. The summed E-state index contributed by atoms with van der Waals surface area (Å²) >= 11 is 0. The quantitative estimate of drug-likeness (QED) is 0.723. The Bertz CT molecular complexity index is 897. The molecule has 1 aromatic carbocycles. The number of benzene rings is 1. The van der Waals surface area contributed by atoms with E-state index in [1.54, 1.807) is 0 Å². The highest BCUT2D eigenvalue weighted by atomic mass is 16.2. The zero-order valence-corrected chi connectivity index (χ0v) is 18.0. The zero-order valence-electron chi connectivity index (χ0n) is 18.0. The van der Waals surface area contributed by atoms with Gasteiger partial charge in [0.05, 0.1) is 0 Å². The number of allylic oxidation sites excluding steroid dienone is 1. The van der Waals surface area contributed by atoms with Crippen molar-refractivity contribution in [3.05, 3.63) is 36.0 Å². The number of fused-ring (bicyclic) bond motifs is 2. The molecule has 0 saturated carbocycles. The van der Waals surface area contributed by atoms with Gasteiger partial charge in [0, 0.05) is 53.5 Å². The third-order valence-electron chi connectivity index (χ3n) is 6.57. The van der Waals surface area contributed by atoms with Crippen molar-refractivity contribution in [1.29, 1.82) is 0 Å². The Morgan fingerprint density at radius 1 is 1.31 bits per heavy atom. The smallest absolute Gasteiger partial charge is 0.322 e. The minimum absolute atomic E-state index is 0.0375. The van der Waals surface area contributed by atoms with E-state index in [1.807, 2.05) is 31.7 Å². The van der Waals surface area contributed by atoms with Gasteiger partial charge in [-0.3, -0.25) is 4.90 Å². The van der Waals surface area contributed by atoms with Crippen LogP contribution >= 0.6 is 0 Å². The number of nitrogens with zero attached hydrogens (tertiary/aromatic N) is 2. The second kappa shape index (κ2) is 8.62. The van der Waals surface area contributed by atoms with Crippen molar-refractivity contribution < 1.29 is 4.79 Å². The number of carbonyl (C=O) groups excluding carboxylic acids is 1. The molecule has 0 aliphatic carbocycles. The highest BCUT2D eigenvalue weighted by Crippen LogP contribution is 2.34. The van der Waals surface area contributed by atoms with Crippen LogP contribution < -0.4 is 5.32 Å². The lowest BCUT2D eigenvalue weighted by molar-refractivity contribution is 0.161. The maximum absolute atomic E-state index is 12.6. The number of anilines is 1. The van der Waals surface area contributed by atoms with E-state index in [2.05, 4.69) is 39.6 Å². The molecule has 0 radical (unpaired) electrons. The Labute approximate surface area is 174 Å². The molecule has 0 bridgehead atoms. The Hall–Kier alpha value is -2.27. The molecule has 1 fully saturated rings. The maximum Gasteiger partial charge on any atom is 0.322 e. The molecule has 2 aliphatic heterocycles. The Kier molecular flexibility index (Phi) is 5.95. The first-order chi connectivity index (χ1) is 14.1. The Morgan fingerprint density at radius 3 is 2.97 bits per heavy atom. The van der Waals surface area contributed by atoms with Crippen molar-refractivity contribution in [3.63, 3.8) is 0 Å². The van der Waals surface area contributed by atoms with Gasteiger partial charge in [0.15, 0.2) is 0 Å². The fourth-order valence-corrected chi connectivity index (χ4v) is 4.93. The number of aromatic amines is 1. The first kappa shape index (κ1) is 20.0. The highest BCUT2D eigenvalue weighted by molar-refractivity contribution is 5.97. The second-order valence-corrected chi connectivity index (χ2v) is 8.69. The van der Waals surface area contributed by atoms with Crippen LogP contribution in [0.25, 0.3) is 16.5 Å². The summed E-state index contributed by atoms with van der Waals surface area (Å²) < 4.78 is 0. The van der Waals surface area contributed by atoms with Crippen molar-refractivity contribution in [3.8, 4) is 0 Å². The van der Waals surface area contributed by atoms with Gasteiger partial charge in [-0.25, -0.2) is 4.79 Å². The van der Waals surface area contributed by atoms with E-state index in [0.717, 1.165) is 30.2 Å². The van der Waals surface area contributed by atoms with E-state index in [4.69, 9.17) is 0 Å². The molecule has 156 valence electrons. The Morgan fingerprint density at radius 2 is 2.17 bits per heavy atom. The molecule has 5 heteroatoms. The fourth-order valence-electron chi connectivity index (χ4n) is 4.93. The molecule has 2 aliphatic rings. The van der Waals surface area contributed by atoms with Crippen LogP contribution in [0.1, 0.15) is 58.4 Å².